The predicted octanol–water partition coefficient (Wildman–Crippen LogP) is 2.96. The summed E-state index contributed by atoms with van der Waals surface area (Å²) in [7, 11) is -2.88. The third-order valence-corrected chi connectivity index (χ3v) is 7.38. The first-order valence-electron chi connectivity index (χ1n) is 9.79. The zero-order valence-electron chi connectivity index (χ0n) is 15.6. The lowest BCUT2D eigenvalue weighted by Gasteiger charge is -2.26. The van der Waals surface area contributed by atoms with Gasteiger partial charge in [-0.25, -0.2) is 8.42 Å². The maximum atomic E-state index is 11.7. The van der Waals surface area contributed by atoms with Crippen molar-refractivity contribution in [1.29, 1.82) is 0 Å². The van der Waals surface area contributed by atoms with Crippen molar-refractivity contribution in [3.05, 3.63) is 59.9 Å². The first-order valence-corrected chi connectivity index (χ1v) is 11.6. The van der Waals surface area contributed by atoms with E-state index in [0.29, 0.717) is 6.42 Å². The van der Waals surface area contributed by atoms with Gasteiger partial charge in [0.05, 0.1) is 23.7 Å². The highest BCUT2D eigenvalue weighted by Crippen LogP contribution is 2.27. The average molecular weight is 386 g/mol. The minimum atomic E-state index is -2.88. The Morgan fingerprint density at radius 3 is 2.74 bits per heavy atom. The Morgan fingerprint density at radius 1 is 1.19 bits per heavy atom. The van der Waals surface area contributed by atoms with Gasteiger partial charge in [0.25, 0.3) is 0 Å². The van der Waals surface area contributed by atoms with Crippen LogP contribution in [-0.4, -0.2) is 54.2 Å². The highest BCUT2D eigenvalue weighted by molar-refractivity contribution is 7.91. The molecule has 1 fully saturated rings. The van der Waals surface area contributed by atoms with Crippen molar-refractivity contribution in [2.75, 3.05) is 31.1 Å². The molecule has 2 aromatic rings. The fourth-order valence-electron chi connectivity index (χ4n) is 4.02. The first-order chi connectivity index (χ1) is 13.1. The Bertz CT molecular complexity index is 903. The Labute approximate surface area is 161 Å². The number of benzene rings is 1. The van der Waals surface area contributed by atoms with Crippen LogP contribution < -0.4 is 0 Å². The van der Waals surface area contributed by atoms with Gasteiger partial charge in [0.15, 0.2) is 9.84 Å². The minimum absolute atomic E-state index is 0.00225. The minimum Gasteiger partial charge on any atom is -0.299 e. The molecule has 0 amide bonds. The molecular weight excluding hydrogens is 358 g/mol. The molecule has 144 valence electrons. The standard InChI is InChI=1S/C21H27N3O2S/c25-27(26)14-10-21(17-27)24-16-20(15-22-24)19-8-12-23(13-9-19)11-4-7-18-5-2-1-3-6-18/h1-3,5-6,8,15-16,21H,4,7,9-14,17H2. The van der Waals surface area contributed by atoms with Gasteiger partial charge in [-0.1, -0.05) is 36.4 Å². The molecule has 2 aliphatic rings. The van der Waals surface area contributed by atoms with Crippen LogP contribution in [-0.2, 0) is 16.3 Å². The molecule has 0 aliphatic carbocycles. The van der Waals surface area contributed by atoms with Crippen molar-refractivity contribution < 1.29 is 8.42 Å². The van der Waals surface area contributed by atoms with E-state index in [1.54, 1.807) is 0 Å². The molecule has 0 saturated carbocycles. The summed E-state index contributed by atoms with van der Waals surface area (Å²) in [6.45, 7) is 3.18. The highest BCUT2D eigenvalue weighted by atomic mass is 32.2. The van der Waals surface area contributed by atoms with E-state index in [0.717, 1.165) is 38.0 Å². The monoisotopic (exact) mass is 385 g/mol. The van der Waals surface area contributed by atoms with E-state index < -0.39 is 9.84 Å². The number of rotatable bonds is 6. The van der Waals surface area contributed by atoms with Gasteiger partial charge in [0.2, 0.25) is 0 Å². The van der Waals surface area contributed by atoms with Crippen molar-refractivity contribution in [2.24, 2.45) is 0 Å². The molecule has 0 N–H and O–H groups in total. The van der Waals surface area contributed by atoms with Crippen LogP contribution in [0, 0.1) is 0 Å². The molecule has 1 atom stereocenters. The topological polar surface area (TPSA) is 55.2 Å². The van der Waals surface area contributed by atoms with Gasteiger partial charge >= 0.3 is 0 Å². The lowest BCUT2D eigenvalue weighted by Crippen LogP contribution is -2.29. The van der Waals surface area contributed by atoms with Crippen LogP contribution in [0.2, 0.25) is 0 Å². The number of sulfone groups is 1. The molecular formula is C21H27N3O2S. The SMILES string of the molecule is O=S1(=O)CCC(n2cc(C3=CCN(CCCc4ccccc4)CC3)cn2)C1. The summed E-state index contributed by atoms with van der Waals surface area (Å²) >= 11 is 0. The molecule has 0 bridgehead atoms. The second-order valence-electron chi connectivity index (χ2n) is 7.64. The van der Waals surface area contributed by atoms with Crippen LogP contribution >= 0.6 is 0 Å². The number of aryl methyl sites for hydroxylation is 1. The van der Waals surface area contributed by atoms with Crippen molar-refractivity contribution in [3.8, 4) is 0 Å². The predicted molar refractivity (Wildman–Crippen MR) is 108 cm³/mol. The van der Waals surface area contributed by atoms with Gasteiger partial charge in [-0.3, -0.25) is 9.58 Å². The molecule has 2 aliphatic heterocycles. The number of hydrogen-bond acceptors (Lipinski definition) is 4. The average Bonchev–Trinajstić information content (AvgIpc) is 3.30. The Balaban J connectivity index is 1.29. The largest absolute Gasteiger partial charge is 0.299 e. The zero-order chi connectivity index (χ0) is 18.7. The third-order valence-electron chi connectivity index (χ3n) is 5.63. The summed E-state index contributed by atoms with van der Waals surface area (Å²) in [5, 5.41) is 4.44. The van der Waals surface area contributed by atoms with Crippen LogP contribution in [0.5, 0.6) is 0 Å². The van der Waals surface area contributed by atoms with E-state index in [1.807, 2.05) is 17.1 Å². The summed E-state index contributed by atoms with van der Waals surface area (Å²) in [5.41, 5.74) is 3.89. The molecule has 0 radical (unpaired) electrons. The smallest absolute Gasteiger partial charge is 0.152 e. The van der Waals surface area contributed by atoms with Gasteiger partial charge in [0, 0.05) is 24.8 Å². The number of hydrogen-bond donors (Lipinski definition) is 0. The molecule has 0 spiro atoms. The summed E-state index contributed by atoms with van der Waals surface area (Å²) < 4.78 is 25.2. The van der Waals surface area contributed by atoms with Crippen LogP contribution in [0.25, 0.3) is 5.57 Å². The fraction of sp³-hybridized carbons (Fsp3) is 0.476. The fourth-order valence-corrected chi connectivity index (χ4v) is 5.72. The quantitative estimate of drug-likeness (QED) is 0.767. The van der Waals surface area contributed by atoms with E-state index >= 15 is 0 Å². The molecule has 1 aromatic carbocycles. The molecule has 3 heterocycles. The van der Waals surface area contributed by atoms with Gasteiger partial charge in [-0.05, 0) is 43.4 Å². The highest BCUT2D eigenvalue weighted by Gasteiger charge is 2.29. The van der Waals surface area contributed by atoms with Crippen molar-refractivity contribution in [2.45, 2.75) is 31.7 Å². The Hall–Kier alpha value is -1.92. The number of aromatic nitrogens is 2. The van der Waals surface area contributed by atoms with Crippen molar-refractivity contribution in [1.82, 2.24) is 14.7 Å². The zero-order valence-corrected chi connectivity index (χ0v) is 16.4. The normalized spacial score (nSPS) is 22.7. The van der Waals surface area contributed by atoms with E-state index in [4.69, 9.17) is 0 Å². The summed E-state index contributed by atoms with van der Waals surface area (Å²) in [6.07, 6.45) is 10.2. The second kappa shape index (κ2) is 7.98. The van der Waals surface area contributed by atoms with Crippen molar-refractivity contribution in [3.63, 3.8) is 0 Å². The molecule has 27 heavy (non-hydrogen) atoms. The first kappa shape index (κ1) is 18.4. The molecule has 1 saturated heterocycles. The molecule has 1 unspecified atom stereocenters. The summed E-state index contributed by atoms with van der Waals surface area (Å²) in [5.74, 6) is 0.510. The maximum absolute atomic E-state index is 11.7. The van der Waals surface area contributed by atoms with Gasteiger partial charge < -0.3 is 0 Å². The molecule has 5 nitrogen and oxygen atoms in total. The van der Waals surface area contributed by atoms with Gasteiger partial charge in [-0.2, -0.15) is 5.10 Å². The lowest BCUT2D eigenvalue weighted by molar-refractivity contribution is 0.298. The second-order valence-corrected chi connectivity index (χ2v) is 9.86. The van der Waals surface area contributed by atoms with Crippen molar-refractivity contribution >= 4 is 15.4 Å². The van der Waals surface area contributed by atoms with E-state index in [2.05, 4.69) is 46.4 Å². The van der Waals surface area contributed by atoms with Crippen LogP contribution in [0.1, 0.15) is 36.4 Å². The summed E-state index contributed by atoms with van der Waals surface area (Å²) in [4.78, 5) is 2.50. The van der Waals surface area contributed by atoms with Gasteiger partial charge in [-0.15, -0.1) is 0 Å². The maximum Gasteiger partial charge on any atom is 0.152 e. The van der Waals surface area contributed by atoms with Gasteiger partial charge in [0.1, 0.15) is 0 Å². The molecule has 6 heteroatoms. The Kier molecular flexibility index (Phi) is 5.45. The van der Waals surface area contributed by atoms with Crippen LogP contribution in [0.3, 0.4) is 0 Å². The molecule has 4 rings (SSSR count). The lowest BCUT2D eigenvalue weighted by atomic mass is 10.0. The molecule has 1 aromatic heterocycles. The number of nitrogens with zero attached hydrogens (tertiary/aromatic N) is 3. The van der Waals surface area contributed by atoms with Crippen LogP contribution in [0.15, 0.2) is 48.8 Å². The van der Waals surface area contributed by atoms with E-state index in [9.17, 15) is 8.42 Å². The Morgan fingerprint density at radius 2 is 2.04 bits per heavy atom. The third kappa shape index (κ3) is 4.68. The van der Waals surface area contributed by atoms with Crippen LogP contribution in [0.4, 0.5) is 0 Å². The van der Waals surface area contributed by atoms with E-state index in [-0.39, 0.29) is 17.5 Å². The summed E-state index contributed by atoms with van der Waals surface area (Å²) in [6, 6.07) is 10.7. The van der Waals surface area contributed by atoms with E-state index in [1.165, 1.54) is 17.6 Å².